The fraction of sp³-hybridized carbons (Fsp3) is 0.368. The zero-order chi connectivity index (χ0) is 18.5. The van der Waals surface area contributed by atoms with Gasteiger partial charge in [0.25, 0.3) is 0 Å². The fourth-order valence-electron chi connectivity index (χ4n) is 2.97. The van der Waals surface area contributed by atoms with Crippen molar-refractivity contribution < 1.29 is 9.53 Å². The number of benzene rings is 1. The van der Waals surface area contributed by atoms with E-state index in [1.165, 1.54) is 6.92 Å². The maximum atomic E-state index is 11.7. The molecule has 0 radical (unpaired) electrons. The van der Waals surface area contributed by atoms with E-state index in [0.29, 0.717) is 29.6 Å². The Morgan fingerprint density at radius 1 is 1.23 bits per heavy atom. The maximum absolute atomic E-state index is 11.7. The lowest BCUT2D eigenvalue weighted by Crippen LogP contribution is -2.47. The summed E-state index contributed by atoms with van der Waals surface area (Å²) < 4.78 is 5.44. The average molecular weight is 351 g/mol. The van der Waals surface area contributed by atoms with E-state index in [-0.39, 0.29) is 5.78 Å². The zero-order valence-corrected chi connectivity index (χ0v) is 15.0. The van der Waals surface area contributed by atoms with E-state index >= 15 is 0 Å². The molecule has 0 unspecified atom stereocenters. The average Bonchev–Trinajstić information content (AvgIpc) is 2.68. The van der Waals surface area contributed by atoms with Crippen molar-refractivity contribution in [3.05, 3.63) is 41.6 Å². The first-order valence-electron chi connectivity index (χ1n) is 8.63. The Balaban J connectivity index is 1.75. The van der Waals surface area contributed by atoms with Crippen LogP contribution in [-0.2, 0) is 0 Å². The topological polar surface area (TPSA) is 82.4 Å². The molecule has 0 amide bonds. The van der Waals surface area contributed by atoms with Gasteiger partial charge in [0.15, 0.2) is 5.78 Å². The molecule has 0 N–H and O–H groups in total. The molecule has 0 aliphatic carbocycles. The number of anilines is 2. The van der Waals surface area contributed by atoms with Crippen molar-refractivity contribution in [3.8, 4) is 11.9 Å². The molecule has 1 saturated heterocycles. The highest BCUT2D eigenvalue weighted by atomic mass is 16.5. The van der Waals surface area contributed by atoms with Crippen LogP contribution < -0.4 is 14.5 Å². The van der Waals surface area contributed by atoms with Gasteiger partial charge in [-0.1, -0.05) is 0 Å². The van der Waals surface area contributed by atoms with Gasteiger partial charge < -0.3 is 14.5 Å². The molecule has 0 saturated carbocycles. The number of nitrogens with zero attached hydrogens (tertiary/aromatic N) is 5. The third kappa shape index (κ3) is 3.75. The molecule has 1 aliphatic rings. The summed E-state index contributed by atoms with van der Waals surface area (Å²) in [6, 6.07) is 9.19. The molecule has 2 heterocycles. The number of Topliss-reactive ketones (excluding diaryl/α,β-unsaturated/α-hetero) is 1. The molecule has 134 valence electrons. The van der Waals surface area contributed by atoms with Crippen LogP contribution in [0, 0.1) is 11.3 Å². The second-order valence-electron chi connectivity index (χ2n) is 6.00. The molecule has 7 nitrogen and oxygen atoms in total. The molecule has 2 aromatic rings. The van der Waals surface area contributed by atoms with Gasteiger partial charge in [0.2, 0.25) is 11.8 Å². The summed E-state index contributed by atoms with van der Waals surface area (Å²) in [6.45, 7) is 6.91. The quantitative estimate of drug-likeness (QED) is 0.764. The van der Waals surface area contributed by atoms with Crippen molar-refractivity contribution in [3.63, 3.8) is 0 Å². The number of carbonyl (C=O) groups is 1. The second-order valence-corrected chi connectivity index (χ2v) is 6.00. The molecule has 0 spiro atoms. The van der Waals surface area contributed by atoms with Crippen LogP contribution in [0.1, 0.15) is 29.8 Å². The number of piperazine rings is 1. The molecule has 1 fully saturated rings. The van der Waals surface area contributed by atoms with Crippen LogP contribution in [0.25, 0.3) is 0 Å². The molecule has 0 bridgehead atoms. The summed E-state index contributed by atoms with van der Waals surface area (Å²) in [7, 11) is 0. The van der Waals surface area contributed by atoms with Crippen molar-refractivity contribution >= 4 is 17.4 Å². The van der Waals surface area contributed by atoms with E-state index in [0.717, 1.165) is 31.9 Å². The Bertz CT molecular complexity index is 838. The lowest BCUT2D eigenvalue weighted by atomic mass is 10.1. The number of hydrogen-bond acceptors (Lipinski definition) is 7. The zero-order valence-electron chi connectivity index (χ0n) is 15.0. The highest BCUT2D eigenvalue weighted by molar-refractivity contribution is 5.95. The van der Waals surface area contributed by atoms with E-state index in [2.05, 4.69) is 25.8 Å². The van der Waals surface area contributed by atoms with Gasteiger partial charge in [-0.2, -0.15) is 10.2 Å². The van der Waals surface area contributed by atoms with E-state index < -0.39 is 0 Å². The third-order valence-corrected chi connectivity index (χ3v) is 4.34. The predicted molar refractivity (Wildman–Crippen MR) is 98.8 cm³/mol. The van der Waals surface area contributed by atoms with Crippen molar-refractivity contribution in [1.29, 1.82) is 5.26 Å². The van der Waals surface area contributed by atoms with Crippen LogP contribution in [0.4, 0.5) is 11.6 Å². The van der Waals surface area contributed by atoms with E-state index in [1.807, 2.05) is 13.0 Å². The van der Waals surface area contributed by atoms with Crippen molar-refractivity contribution in [2.45, 2.75) is 13.8 Å². The Morgan fingerprint density at radius 3 is 2.62 bits per heavy atom. The van der Waals surface area contributed by atoms with Gasteiger partial charge in [-0.05, 0) is 32.0 Å². The predicted octanol–water partition coefficient (Wildman–Crippen LogP) is 2.28. The standard InChI is InChI=1S/C19H21N5O2/c1-3-26-18-6-7-21-19(22-18)24-10-8-23(9-11-24)17-12-15(14(2)25)4-5-16(17)13-20/h4-7,12H,3,8-11H2,1-2H3. The molecule has 3 rings (SSSR count). The molecular formula is C19H21N5O2. The van der Waals surface area contributed by atoms with Gasteiger partial charge in [0, 0.05) is 44.0 Å². The van der Waals surface area contributed by atoms with Crippen LogP contribution in [0.2, 0.25) is 0 Å². The maximum Gasteiger partial charge on any atom is 0.228 e. The minimum atomic E-state index is -0.00415. The van der Waals surface area contributed by atoms with Crippen LogP contribution in [0.15, 0.2) is 30.5 Å². The summed E-state index contributed by atoms with van der Waals surface area (Å²) in [5.41, 5.74) is 2.01. The Morgan fingerprint density at radius 2 is 1.96 bits per heavy atom. The van der Waals surface area contributed by atoms with E-state index in [4.69, 9.17) is 4.74 Å². The van der Waals surface area contributed by atoms with Gasteiger partial charge >= 0.3 is 0 Å². The van der Waals surface area contributed by atoms with Crippen LogP contribution in [0.3, 0.4) is 0 Å². The van der Waals surface area contributed by atoms with Crippen LogP contribution in [0.5, 0.6) is 5.88 Å². The first-order valence-corrected chi connectivity index (χ1v) is 8.63. The highest BCUT2D eigenvalue weighted by Gasteiger charge is 2.22. The van der Waals surface area contributed by atoms with Gasteiger partial charge in [-0.3, -0.25) is 4.79 Å². The largest absolute Gasteiger partial charge is 0.478 e. The molecule has 7 heteroatoms. The number of rotatable bonds is 5. The minimum Gasteiger partial charge on any atom is -0.478 e. The summed E-state index contributed by atoms with van der Waals surface area (Å²) in [4.78, 5) is 24.7. The van der Waals surface area contributed by atoms with Crippen molar-refractivity contribution in [2.24, 2.45) is 0 Å². The van der Waals surface area contributed by atoms with Gasteiger partial charge in [0.05, 0.1) is 17.9 Å². The minimum absolute atomic E-state index is 0.00415. The smallest absolute Gasteiger partial charge is 0.228 e. The van der Waals surface area contributed by atoms with Gasteiger partial charge in [-0.15, -0.1) is 0 Å². The summed E-state index contributed by atoms with van der Waals surface area (Å²) in [6.07, 6.45) is 1.70. The number of hydrogen-bond donors (Lipinski definition) is 0. The first-order chi connectivity index (χ1) is 12.6. The number of carbonyl (C=O) groups excluding carboxylic acids is 1. The molecule has 1 aliphatic heterocycles. The SMILES string of the molecule is CCOc1ccnc(N2CCN(c3cc(C(C)=O)ccc3C#N)CC2)n1. The highest BCUT2D eigenvalue weighted by Crippen LogP contribution is 2.24. The number of nitriles is 1. The normalized spacial score (nSPS) is 14.0. The second kappa shape index (κ2) is 7.83. The fourth-order valence-corrected chi connectivity index (χ4v) is 2.97. The molecule has 26 heavy (non-hydrogen) atoms. The lowest BCUT2D eigenvalue weighted by Gasteiger charge is -2.36. The van der Waals surface area contributed by atoms with E-state index in [1.54, 1.807) is 24.4 Å². The van der Waals surface area contributed by atoms with Crippen molar-refractivity contribution in [1.82, 2.24) is 9.97 Å². The lowest BCUT2D eigenvalue weighted by molar-refractivity contribution is 0.101. The van der Waals surface area contributed by atoms with Crippen LogP contribution in [-0.4, -0.2) is 48.5 Å². The molecule has 0 atom stereocenters. The Labute approximate surface area is 152 Å². The molecule has 1 aromatic carbocycles. The third-order valence-electron chi connectivity index (χ3n) is 4.34. The summed E-state index contributed by atoms with van der Waals surface area (Å²) in [5.74, 6) is 1.21. The molecule has 1 aromatic heterocycles. The van der Waals surface area contributed by atoms with Crippen LogP contribution >= 0.6 is 0 Å². The summed E-state index contributed by atoms with van der Waals surface area (Å²) >= 11 is 0. The number of aromatic nitrogens is 2. The summed E-state index contributed by atoms with van der Waals surface area (Å²) in [5, 5.41) is 9.38. The van der Waals surface area contributed by atoms with Gasteiger partial charge in [-0.25, -0.2) is 4.98 Å². The number of ketones is 1. The first kappa shape index (κ1) is 17.7. The van der Waals surface area contributed by atoms with E-state index in [9.17, 15) is 10.1 Å². The molecular weight excluding hydrogens is 330 g/mol. The number of ether oxygens (including phenoxy) is 1. The Kier molecular flexibility index (Phi) is 5.32. The van der Waals surface area contributed by atoms with Crippen molar-refractivity contribution in [2.75, 3.05) is 42.6 Å². The Hall–Kier alpha value is -3.14. The van der Waals surface area contributed by atoms with Gasteiger partial charge in [0.1, 0.15) is 6.07 Å². The monoisotopic (exact) mass is 351 g/mol.